The third-order valence-electron chi connectivity index (χ3n) is 5.17. The lowest BCUT2D eigenvalue weighted by molar-refractivity contribution is -0.122. The average Bonchev–Trinajstić information content (AvgIpc) is 2.85. The van der Waals surface area contributed by atoms with E-state index in [0.717, 1.165) is 36.5 Å². The third kappa shape index (κ3) is 2.19. The zero-order valence-electron chi connectivity index (χ0n) is 13.1. The molecule has 2 atom stereocenters. The number of imide groups is 1. The molecule has 0 spiro atoms. The summed E-state index contributed by atoms with van der Waals surface area (Å²) in [4.78, 5) is 37.7. The monoisotopic (exact) mass is 323 g/mol. The van der Waals surface area contributed by atoms with E-state index in [9.17, 15) is 14.4 Å². The molecule has 2 amide bonds. The number of aromatic carboxylic acids is 1. The average molecular weight is 323 g/mol. The van der Waals surface area contributed by atoms with E-state index in [2.05, 4.69) is 0 Å². The summed E-state index contributed by atoms with van der Waals surface area (Å²) in [5.74, 6) is -1.50. The Morgan fingerprint density at radius 2 is 1.50 bits per heavy atom. The summed E-state index contributed by atoms with van der Waals surface area (Å²) in [6.45, 7) is 0. The SMILES string of the molecule is O=C(O)c1ccc2cc(N3C(=O)C4CCCCC4C3=O)ccc2c1. The van der Waals surface area contributed by atoms with Gasteiger partial charge in [-0.05, 0) is 47.9 Å². The molecular formula is C19H17NO4. The molecule has 2 aliphatic rings. The first-order chi connectivity index (χ1) is 11.6. The predicted molar refractivity (Wildman–Crippen MR) is 88.8 cm³/mol. The van der Waals surface area contributed by atoms with Gasteiger partial charge in [-0.3, -0.25) is 14.5 Å². The van der Waals surface area contributed by atoms with E-state index >= 15 is 0 Å². The summed E-state index contributed by atoms with van der Waals surface area (Å²) in [6.07, 6.45) is 3.59. The van der Waals surface area contributed by atoms with Gasteiger partial charge >= 0.3 is 5.97 Å². The number of carboxylic acid groups (broad SMARTS) is 1. The molecule has 1 saturated carbocycles. The van der Waals surface area contributed by atoms with Crippen LogP contribution in [-0.2, 0) is 9.59 Å². The van der Waals surface area contributed by atoms with Crippen molar-refractivity contribution in [3.63, 3.8) is 0 Å². The van der Waals surface area contributed by atoms with Crippen LogP contribution in [-0.4, -0.2) is 22.9 Å². The fourth-order valence-corrected chi connectivity index (χ4v) is 3.92. The largest absolute Gasteiger partial charge is 0.478 e. The molecule has 0 radical (unpaired) electrons. The van der Waals surface area contributed by atoms with Gasteiger partial charge in [-0.1, -0.05) is 25.0 Å². The Labute approximate surface area is 138 Å². The Morgan fingerprint density at radius 1 is 0.917 bits per heavy atom. The van der Waals surface area contributed by atoms with E-state index in [-0.39, 0.29) is 29.2 Å². The molecule has 2 aromatic rings. The lowest BCUT2D eigenvalue weighted by Gasteiger charge is -2.19. The quantitative estimate of drug-likeness (QED) is 0.861. The van der Waals surface area contributed by atoms with Gasteiger partial charge in [0.1, 0.15) is 0 Å². The summed E-state index contributed by atoms with van der Waals surface area (Å²) in [6, 6.07) is 10.1. The van der Waals surface area contributed by atoms with E-state index in [4.69, 9.17) is 5.11 Å². The molecule has 2 unspecified atom stereocenters. The van der Waals surface area contributed by atoms with Crippen LogP contribution in [0.4, 0.5) is 5.69 Å². The number of benzene rings is 2. The highest BCUT2D eigenvalue weighted by molar-refractivity contribution is 6.22. The first-order valence-corrected chi connectivity index (χ1v) is 8.21. The fourth-order valence-electron chi connectivity index (χ4n) is 3.92. The number of carboxylic acids is 1. The number of carbonyl (C=O) groups excluding carboxylic acids is 2. The van der Waals surface area contributed by atoms with Crippen molar-refractivity contribution >= 4 is 34.2 Å². The normalized spacial score (nSPS) is 23.6. The second kappa shape index (κ2) is 5.44. The number of nitrogens with zero attached hydrogens (tertiary/aromatic N) is 1. The van der Waals surface area contributed by atoms with E-state index in [0.29, 0.717) is 5.69 Å². The number of carbonyl (C=O) groups is 3. The molecule has 5 nitrogen and oxygen atoms in total. The van der Waals surface area contributed by atoms with Crippen molar-refractivity contribution in [2.24, 2.45) is 11.8 Å². The van der Waals surface area contributed by atoms with Crippen molar-refractivity contribution in [3.8, 4) is 0 Å². The molecule has 4 rings (SSSR count). The van der Waals surface area contributed by atoms with Gasteiger partial charge in [0, 0.05) is 0 Å². The first kappa shape index (κ1) is 14.9. The van der Waals surface area contributed by atoms with Crippen LogP contribution in [0.5, 0.6) is 0 Å². The minimum Gasteiger partial charge on any atom is -0.478 e. The van der Waals surface area contributed by atoms with Gasteiger partial charge in [-0.15, -0.1) is 0 Å². The topological polar surface area (TPSA) is 74.7 Å². The Bertz CT molecular complexity index is 849. The van der Waals surface area contributed by atoms with E-state index in [1.807, 2.05) is 0 Å². The van der Waals surface area contributed by atoms with Gasteiger partial charge in [0.15, 0.2) is 0 Å². The van der Waals surface area contributed by atoms with Gasteiger partial charge in [-0.2, -0.15) is 0 Å². The van der Waals surface area contributed by atoms with Crippen molar-refractivity contribution in [2.75, 3.05) is 4.90 Å². The van der Waals surface area contributed by atoms with Crippen LogP contribution in [0, 0.1) is 11.8 Å². The maximum atomic E-state index is 12.7. The Morgan fingerprint density at radius 3 is 2.12 bits per heavy atom. The van der Waals surface area contributed by atoms with Gasteiger partial charge < -0.3 is 5.11 Å². The Hall–Kier alpha value is -2.69. The number of amides is 2. The molecule has 0 bridgehead atoms. The Kier molecular flexibility index (Phi) is 3.37. The maximum Gasteiger partial charge on any atom is 0.335 e. The number of fused-ring (bicyclic) bond motifs is 2. The summed E-state index contributed by atoms with van der Waals surface area (Å²) < 4.78 is 0. The van der Waals surface area contributed by atoms with E-state index < -0.39 is 5.97 Å². The second-order valence-corrected chi connectivity index (χ2v) is 6.56. The minimum absolute atomic E-state index is 0.0915. The highest BCUT2D eigenvalue weighted by Crippen LogP contribution is 2.40. The van der Waals surface area contributed by atoms with Crippen LogP contribution in [0.25, 0.3) is 10.8 Å². The number of rotatable bonds is 2. The molecule has 1 saturated heterocycles. The van der Waals surface area contributed by atoms with Crippen molar-refractivity contribution in [3.05, 3.63) is 42.0 Å². The molecule has 1 N–H and O–H groups in total. The van der Waals surface area contributed by atoms with Gasteiger partial charge in [-0.25, -0.2) is 4.79 Å². The molecule has 5 heteroatoms. The summed E-state index contributed by atoms with van der Waals surface area (Å²) in [5.41, 5.74) is 0.796. The standard InChI is InChI=1S/C19H17NO4/c21-17-15-3-1-2-4-16(15)18(22)20(17)14-8-7-11-9-13(19(23)24)6-5-12(11)10-14/h5-10,15-16H,1-4H2,(H,23,24). The lowest BCUT2D eigenvalue weighted by Crippen LogP contribution is -2.30. The minimum atomic E-state index is -0.977. The van der Waals surface area contributed by atoms with Gasteiger partial charge in [0.05, 0.1) is 23.1 Å². The highest BCUT2D eigenvalue weighted by atomic mass is 16.4. The van der Waals surface area contributed by atoms with Crippen LogP contribution < -0.4 is 4.90 Å². The van der Waals surface area contributed by atoms with Crippen LogP contribution >= 0.6 is 0 Å². The number of hydrogen-bond donors (Lipinski definition) is 1. The molecule has 0 aromatic heterocycles. The van der Waals surface area contributed by atoms with Crippen LogP contribution in [0.15, 0.2) is 36.4 Å². The molecule has 1 aliphatic heterocycles. The van der Waals surface area contributed by atoms with Crippen molar-refractivity contribution in [2.45, 2.75) is 25.7 Å². The van der Waals surface area contributed by atoms with Crippen molar-refractivity contribution in [1.82, 2.24) is 0 Å². The molecule has 1 heterocycles. The summed E-state index contributed by atoms with van der Waals surface area (Å²) in [7, 11) is 0. The zero-order valence-corrected chi connectivity index (χ0v) is 13.1. The van der Waals surface area contributed by atoms with Crippen LogP contribution in [0.2, 0.25) is 0 Å². The number of anilines is 1. The second-order valence-electron chi connectivity index (χ2n) is 6.56. The van der Waals surface area contributed by atoms with Gasteiger partial charge in [0.2, 0.25) is 11.8 Å². The van der Waals surface area contributed by atoms with E-state index in [1.165, 1.54) is 11.0 Å². The van der Waals surface area contributed by atoms with Crippen LogP contribution in [0.1, 0.15) is 36.0 Å². The first-order valence-electron chi connectivity index (χ1n) is 8.21. The summed E-state index contributed by atoms with van der Waals surface area (Å²) >= 11 is 0. The predicted octanol–water partition coefficient (Wildman–Crippen LogP) is 3.22. The zero-order chi connectivity index (χ0) is 16.8. The van der Waals surface area contributed by atoms with Crippen LogP contribution in [0.3, 0.4) is 0 Å². The molecule has 1 aliphatic carbocycles. The van der Waals surface area contributed by atoms with Crippen molar-refractivity contribution < 1.29 is 19.5 Å². The van der Waals surface area contributed by atoms with Gasteiger partial charge in [0.25, 0.3) is 0 Å². The summed E-state index contributed by atoms with van der Waals surface area (Å²) in [5, 5.41) is 10.6. The molecule has 122 valence electrons. The third-order valence-corrected chi connectivity index (χ3v) is 5.17. The highest BCUT2D eigenvalue weighted by Gasteiger charge is 2.48. The van der Waals surface area contributed by atoms with Crippen molar-refractivity contribution in [1.29, 1.82) is 0 Å². The smallest absolute Gasteiger partial charge is 0.335 e. The fraction of sp³-hybridized carbons (Fsp3) is 0.316. The molecule has 24 heavy (non-hydrogen) atoms. The van der Waals surface area contributed by atoms with E-state index in [1.54, 1.807) is 30.3 Å². The molecular weight excluding hydrogens is 306 g/mol. The maximum absolute atomic E-state index is 12.7. The lowest BCUT2D eigenvalue weighted by atomic mass is 9.81. The molecule has 2 fully saturated rings. The number of hydrogen-bond acceptors (Lipinski definition) is 3. The molecule has 2 aromatic carbocycles. The Balaban J connectivity index is 1.73.